The Kier molecular flexibility index (Phi) is 5.06. The van der Waals surface area contributed by atoms with Crippen molar-refractivity contribution in [3.05, 3.63) is 52.7 Å². The van der Waals surface area contributed by atoms with E-state index >= 15 is 0 Å². The molecule has 0 aliphatic carbocycles. The average molecular weight is 318 g/mol. The normalized spacial score (nSPS) is 12.8. The van der Waals surface area contributed by atoms with Crippen LogP contribution in [0.2, 0.25) is 6.82 Å². The van der Waals surface area contributed by atoms with Gasteiger partial charge < -0.3 is 4.74 Å². The minimum absolute atomic E-state index is 0.235. The molecule has 2 rings (SSSR count). The van der Waals surface area contributed by atoms with Crippen molar-refractivity contribution in [1.29, 1.82) is 0 Å². The third-order valence-electron chi connectivity index (χ3n) is 3.93. The van der Waals surface area contributed by atoms with Gasteiger partial charge in [-0.1, -0.05) is 25.0 Å². The van der Waals surface area contributed by atoms with Crippen molar-refractivity contribution in [2.24, 2.45) is 5.41 Å². The van der Waals surface area contributed by atoms with Crippen LogP contribution in [0.5, 0.6) is 0 Å². The van der Waals surface area contributed by atoms with Crippen molar-refractivity contribution in [1.82, 2.24) is 0 Å². The summed E-state index contributed by atoms with van der Waals surface area (Å²) in [6.45, 7) is 5.79. The van der Waals surface area contributed by atoms with Gasteiger partial charge >= 0.3 is 5.97 Å². The fourth-order valence-electron chi connectivity index (χ4n) is 2.74. The van der Waals surface area contributed by atoms with Crippen molar-refractivity contribution in [3.8, 4) is 0 Å². The second kappa shape index (κ2) is 6.65. The summed E-state index contributed by atoms with van der Waals surface area (Å²) in [7, 11) is 2.33. The van der Waals surface area contributed by atoms with Gasteiger partial charge in [0.2, 0.25) is 0 Å². The Morgan fingerprint density at radius 2 is 2.05 bits per heavy atom. The fourth-order valence-corrected chi connectivity index (χ4v) is 4.01. The smallest absolute Gasteiger partial charge is 0.312 e. The van der Waals surface area contributed by atoms with E-state index in [1.165, 1.54) is 24.0 Å². The number of ether oxygens (including phenoxy) is 1. The number of esters is 1. The predicted octanol–water partition coefficient (Wildman–Crippen LogP) is 3.33. The van der Waals surface area contributed by atoms with E-state index in [1.807, 2.05) is 26.0 Å². The molecule has 0 radical (unpaired) electrons. The largest absolute Gasteiger partial charge is 0.469 e. The molecule has 1 heterocycles. The standard InChI is InChI=1S/C17H20BFO2S/c1-17(2,16(20)21-4)15(11-6-5-7-12(19)10-11)13-8-9-14(18-3)22-13/h5-10,15,18H,1-4H3. The molecular formula is C17H20BFO2S. The Bertz CT molecular complexity index is 666. The summed E-state index contributed by atoms with van der Waals surface area (Å²) in [5.41, 5.74) is 0.0122. The molecule has 0 N–H and O–H groups in total. The molecule has 22 heavy (non-hydrogen) atoms. The first-order chi connectivity index (χ1) is 10.4. The van der Waals surface area contributed by atoms with E-state index in [9.17, 15) is 9.18 Å². The van der Waals surface area contributed by atoms with Crippen LogP contribution < -0.4 is 4.78 Å². The predicted molar refractivity (Wildman–Crippen MR) is 91.0 cm³/mol. The lowest BCUT2D eigenvalue weighted by molar-refractivity contribution is -0.151. The van der Waals surface area contributed by atoms with E-state index in [0.717, 1.165) is 17.7 Å². The molecule has 2 aromatic rings. The first kappa shape index (κ1) is 16.8. The summed E-state index contributed by atoms with van der Waals surface area (Å²) in [4.78, 5) is 13.3. The zero-order chi connectivity index (χ0) is 16.3. The maximum atomic E-state index is 13.7. The number of halogens is 1. The molecule has 0 saturated heterocycles. The first-order valence-corrected chi connectivity index (χ1v) is 8.14. The van der Waals surface area contributed by atoms with Crippen molar-refractivity contribution < 1.29 is 13.9 Å². The number of hydrogen-bond donors (Lipinski definition) is 0. The van der Waals surface area contributed by atoms with E-state index in [-0.39, 0.29) is 17.7 Å². The number of benzene rings is 1. The van der Waals surface area contributed by atoms with Crippen LogP contribution in [0.1, 0.15) is 30.2 Å². The molecule has 1 aromatic carbocycles. The lowest BCUT2D eigenvalue weighted by atomic mass is 9.74. The summed E-state index contributed by atoms with van der Waals surface area (Å²) in [6.07, 6.45) is 0. The number of methoxy groups -OCH3 is 1. The van der Waals surface area contributed by atoms with Crippen LogP contribution in [-0.4, -0.2) is 20.4 Å². The number of rotatable bonds is 5. The molecule has 0 aliphatic heterocycles. The van der Waals surface area contributed by atoms with Gasteiger partial charge in [0, 0.05) is 10.8 Å². The molecule has 5 heteroatoms. The van der Waals surface area contributed by atoms with Crippen molar-refractivity contribution in [2.75, 3.05) is 7.11 Å². The molecule has 0 aliphatic rings. The Morgan fingerprint density at radius 1 is 1.32 bits per heavy atom. The molecule has 1 unspecified atom stereocenters. The highest BCUT2D eigenvalue weighted by atomic mass is 32.1. The van der Waals surface area contributed by atoms with Gasteiger partial charge in [0.05, 0.1) is 12.5 Å². The highest BCUT2D eigenvalue weighted by Gasteiger charge is 2.40. The lowest BCUT2D eigenvalue weighted by Gasteiger charge is -2.31. The van der Waals surface area contributed by atoms with Crippen molar-refractivity contribution in [3.63, 3.8) is 0 Å². The van der Waals surface area contributed by atoms with Crippen LogP contribution >= 0.6 is 11.3 Å². The number of carbonyl (C=O) groups is 1. The van der Waals surface area contributed by atoms with Gasteiger partial charge in [-0.15, -0.1) is 0 Å². The van der Waals surface area contributed by atoms with Crippen LogP contribution in [0.25, 0.3) is 0 Å². The van der Waals surface area contributed by atoms with Gasteiger partial charge in [0.15, 0.2) is 7.28 Å². The molecule has 0 fully saturated rings. The monoisotopic (exact) mass is 318 g/mol. The van der Waals surface area contributed by atoms with Crippen LogP contribution in [0.15, 0.2) is 36.4 Å². The summed E-state index contributed by atoms with van der Waals surface area (Å²) in [5, 5.41) is 0. The zero-order valence-electron chi connectivity index (χ0n) is 13.4. The van der Waals surface area contributed by atoms with E-state index in [1.54, 1.807) is 17.4 Å². The summed E-state index contributed by atoms with van der Waals surface area (Å²) in [6, 6.07) is 10.6. The molecule has 0 bridgehead atoms. The average Bonchev–Trinajstić information content (AvgIpc) is 2.94. The number of thiophene rings is 1. The van der Waals surface area contributed by atoms with E-state index in [0.29, 0.717) is 0 Å². The molecule has 1 aromatic heterocycles. The van der Waals surface area contributed by atoms with Gasteiger partial charge in [-0.2, -0.15) is 11.3 Å². The minimum atomic E-state index is -0.779. The minimum Gasteiger partial charge on any atom is -0.469 e. The number of hydrogen-bond acceptors (Lipinski definition) is 3. The maximum Gasteiger partial charge on any atom is 0.312 e. The molecule has 0 saturated carbocycles. The molecule has 0 spiro atoms. The molecule has 2 nitrogen and oxygen atoms in total. The Labute approximate surface area is 135 Å². The second-order valence-electron chi connectivity index (χ2n) is 5.86. The van der Waals surface area contributed by atoms with Crippen LogP contribution in [0, 0.1) is 11.2 Å². The topological polar surface area (TPSA) is 26.3 Å². The van der Waals surface area contributed by atoms with E-state index < -0.39 is 5.41 Å². The van der Waals surface area contributed by atoms with Gasteiger partial charge in [0.25, 0.3) is 0 Å². The van der Waals surface area contributed by atoms with Gasteiger partial charge in [-0.3, -0.25) is 4.79 Å². The zero-order valence-corrected chi connectivity index (χ0v) is 14.2. The summed E-state index contributed by atoms with van der Waals surface area (Å²) in [5.74, 6) is -0.829. The molecule has 1 atom stereocenters. The van der Waals surface area contributed by atoms with Crippen molar-refractivity contribution in [2.45, 2.75) is 26.6 Å². The van der Waals surface area contributed by atoms with Crippen LogP contribution in [-0.2, 0) is 9.53 Å². The number of carbonyl (C=O) groups excluding carboxylic acids is 1. The Balaban J connectivity index is 2.56. The van der Waals surface area contributed by atoms with Gasteiger partial charge in [0.1, 0.15) is 5.82 Å². The fraction of sp³-hybridized carbons (Fsp3) is 0.353. The lowest BCUT2D eigenvalue weighted by Crippen LogP contribution is -2.33. The second-order valence-corrected chi connectivity index (χ2v) is 7.06. The first-order valence-electron chi connectivity index (χ1n) is 7.32. The third kappa shape index (κ3) is 3.24. The van der Waals surface area contributed by atoms with E-state index in [2.05, 4.69) is 12.9 Å². The maximum absolute atomic E-state index is 13.7. The molecule has 0 amide bonds. The summed E-state index contributed by atoms with van der Waals surface area (Å²) < 4.78 is 19.9. The quantitative estimate of drug-likeness (QED) is 0.624. The van der Waals surface area contributed by atoms with E-state index in [4.69, 9.17) is 4.74 Å². The molecule has 116 valence electrons. The van der Waals surface area contributed by atoms with Crippen LogP contribution in [0.4, 0.5) is 4.39 Å². The Hall–Kier alpha value is -1.62. The SMILES string of the molecule is CBc1ccc(C(c2cccc(F)c2)C(C)(C)C(=O)OC)s1. The highest BCUT2D eigenvalue weighted by molar-refractivity contribution is 7.21. The van der Waals surface area contributed by atoms with Gasteiger partial charge in [-0.05, 0) is 42.4 Å². The van der Waals surface area contributed by atoms with Crippen LogP contribution in [0.3, 0.4) is 0 Å². The highest BCUT2D eigenvalue weighted by Crippen LogP contribution is 2.43. The van der Waals surface area contributed by atoms with Crippen molar-refractivity contribution >= 4 is 29.4 Å². The Morgan fingerprint density at radius 3 is 2.59 bits per heavy atom. The summed E-state index contributed by atoms with van der Waals surface area (Å²) >= 11 is 1.67. The third-order valence-corrected chi connectivity index (χ3v) is 5.23. The van der Waals surface area contributed by atoms with Gasteiger partial charge in [-0.25, -0.2) is 4.39 Å². The molecular weight excluding hydrogens is 298 g/mol.